The van der Waals surface area contributed by atoms with Crippen LogP contribution in [0, 0.1) is 11.6 Å². The van der Waals surface area contributed by atoms with Gasteiger partial charge in [0.05, 0.1) is 4.90 Å². The lowest BCUT2D eigenvalue weighted by molar-refractivity contribution is 0.0952. The topological polar surface area (TPSA) is 75.3 Å². The zero-order valence-electron chi connectivity index (χ0n) is 14.3. The number of hydrogen-bond donors (Lipinski definition) is 2. The third-order valence-electron chi connectivity index (χ3n) is 3.67. The molecule has 0 spiro atoms. The van der Waals surface area contributed by atoms with Gasteiger partial charge in [-0.2, -0.15) is 0 Å². The first kappa shape index (κ1) is 19.8. The Morgan fingerprint density at radius 3 is 2.35 bits per heavy atom. The number of halogens is 2. The van der Waals surface area contributed by atoms with Gasteiger partial charge < -0.3 is 5.32 Å². The van der Waals surface area contributed by atoms with Crippen LogP contribution in [0.5, 0.6) is 0 Å². The zero-order valence-corrected chi connectivity index (χ0v) is 15.1. The number of unbranched alkanes of at least 4 members (excludes halogenated alkanes) is 2. The molecule has 2 N–H and O–H groups in total. The summed E-state index contributed by atoms with van der Waals surface area (Å²) in [4.78, 5) is 11.8. The number of rotatable bonds is 8. The maximum Gasteiger partial charge on any atom is 0.262 e. The SMILES string of the molecule is CCCCCNC(=O)c1cccc(S(=O)(=O)Nc2c(F)cccc2F)c1. The van der Waals surface area contributed by atoms with E-state index in [9.17, 15) is 22.0 Å². The summed E-state index contributed by atoms with van der Waals surface area (Å²) in [7, 11) is -4.25. The van der Waals surface area contributed by atoms with Gasteiger partial charge in [0.1, 0.15) is 17.3 Å². The van der Waals surface area contributed by atoms with E-state index in [-0.39, 0.29) is 10.5 Å². The number of sulfonamides is 1. The lowest BCUT2D eigenvalue weighted by atomic mass is 10.2. The van der Waals surface area contributed by atoms with Crippen LogP contribution >= 0.6 is 0 Å². The first-order chi connectivity index (χ1) is 12.3. The van der Waals surface area contributed by atoms with Gasteiger partial charge >= 0.3 is 0 Å². The standard InChI is InChI=1S/C18H20F2N2O3S/c1-2-3-4-11-21-18(23)13-7-5-8-14(12-13)26(24,25)22-17-15(19)9-6-10-16(17)20/h5-10,12,22H,2-4,11H2,1H3,(H,21,23). The molecule has 2 rings (SSSR count). The second-order valence-corrected chi connectivity index (χ2v) is 7.38. The Hall–Kier alpha value is -2.48. The molecule has 0 saturated carbocycles. The van der Waals surface area contributed by atoms with Crippen molar-refractivity contribution >= 4 is 21.6 Å². The van der Waals surface area contributed by atoms with Crippen LogP contribution in [0.4, 0.5) is 14.5 Å². The molecule has 0 aliphatic rings. The van der Waals surface area contributed by atoms with Crippen molar-refractivity contribution in [2.24, 2.45) is 0 Å². The number of amides is 1. The number of para-hydroxylation sites is 1. The smallest absolute Gasteiger partial charge is 0.262 e. The predicted molar refractivity (Wildman–Crippen MR) is 95.5 cm³/mol. The van der Waals surface area contributed by atoms with E-state index >= 15 is 0 Å². The van der Waals surface area contributed by atoms with Crippen molar-refractivity contribution < 1.29 is 22.0 Å². The van der Waals surface area contributed by atoms with Crippen molar-refractivity contribution in [1.29, 1.82) is 0 Å². The summed E-state index contributed by atoms with van der Waals surface area (Å²) in [5, 5.41) is 2.71. The van der Waals surface area contributed by atoms with Gasteiger partial charge in [-0.1, -0.05) is 31.9 Å². The summed E-state index contributed by atoms with van der Waals surface area (Å²) in [6.07, 6.45) is 2.82. The van der Waals surface area contributed by atoms with Gasteiger partial charge in [-0.25, -0.2) is 17.2 Å². The van der Waals surface area contributed by atoms with E-state index in [0.29, 0.717) is 6.54 Å². The van der Waals surface area contributed by atoms with Gasteiger partial charge in [0, 0.05) is 12.1 Å². The lowest BCUT2D eigenvalue weighted by Gasteiger charge is -2.11. The maximum absolute atomic E-state index is 13.7. The molecule has 1 amide bonds. The van der Waals surface area contributed by atoms with Crippen molar-refractivity contribution in [2.45, 2.75) is 31.1 Å². The van der Waals surface area contributed by atoms with Crippen LogP contribution in [-0.4, -0.2) is 20.9 Å². The van der Waals surface area contributed by atoms with Crippen molar-refractivity contribution in [3.05, 3.63) is 59.7 Å². The first-order valence-electron chi connectivity index (χ1n) is 8.20. The summed E-state index contributed by atoms with van der Waals surface area (Å²) in [6, 6.07) is 8.30. The number of anilines is 1. The largest absolute Gasteiger partial charge is 0.352 e. The fourth-order valence-electron chi connectivity index (χ4n) is 2.27. The minimum atomic E-state index is -4.25. The molecule has 140 valence electrons. The highest BCUT2D eigenvalue weighted by molar-refractivity contribution is 7.92. The number of nitrogens with one attached hydrogen (secondary N) is 2. The average molecular weight is 382 g/mol. The van der Waals surface area contributed by atoms with Crippen LogP contribution in [0.15, 0.2) is 47.4 Å². The minimum Gasteiger partial charge on any atom is -0.352 e. The molecule has 0 aliphatic heterocycles. The molecule has 0 heterocycles. The molecule has 0 aromatic heterocycles. The van der Waals surface area contributed by atoms with E-state index < -0.39 is 33.3 Å². The fraction of sp³-hybridized carbons (Fsp3) is 0.278. The van der Waals surface area contributed by atoms with E-state index in [1.165, 1.54) is 18.2 Å². The number of carbonyl (C=O) groups excluding carboxylic acids is 1. The molecule has 0 bridgehead atoms. The number of hydrogen-bond acceptors (Lipinski definition) is 3. The van der Waals surface area contributed by atoms with Gasteiger partial charge in [0.2, 0.25) is 0 Å². The zero-order chi connectivity index (χ0) is 19.2. The highest BCUT2D eigenvalue weighted by atomic mass is 32.2. The number of benzene rings is 2. The summed E-state index contributed by atoms with van der Waals surface area (Å²) in [5.41, 5.74) is -0.611. The van der Waals surface area contributed by atoms with Gasteiger partial charge in [-0.15, -0.1) is 0 Å². The van der Waals surface area contributed by atoms with E-state index in [4.69, 9.17) is 0 Å². The third-order valence-corrected chi connectivity index (χ3v) is 5.02. The molecular formula is C18H20F2N2O3S. The van der Waals surface area contributed by atoms with Crippen LogP contribution < -0.4 is 10.0 Å². The van der Waals surface area contributed by atoms with Gasteiger partial charge in [0.15, 0.2) is 0 Å². The Morgan fingerprint density at radius 1 is 1.04 bits per heavy atom. The van der Waals surface area contributed by atoms with E-state index in [2.05, 4.69) is 5.32 Å². The Balaban J connectivity index is 2.19. The normalized spacial score (nSPS) is 11.2. The summed E-state index contributed by atoms with van der Waals surface area (Å²) in [5.74, 6) is -2.47. The molecule has 5 nitrogen and oxygen atoms in total. The molecule has 0 fully saturated rings. The molecule has 26 heavy (non-hydrogen) atoms. The van der Waals surface area contributed by atoms with Crippen LogP contribution in [0.2, 0.25) is 0 Å². The maximum atomic E-state index is 13.7. The second kappa shape index (κ2) is 8.75. The lowest BCUT2D eigenvalue weighted by Crippen LogP contribution is -2.25. The molecular weight excluding hydrogens is 362 g/mol. The van der Waals surface area contributed by atoms with Crippen LogP contribution in [-0.2, 0) is 10.0 Å². The molecule has 0 aliphatic carbocycles. The van der Waals surface area contributed by atoms with Crippen molar-refractivity contribution in [1.82, 2.24) is 5.32 Å². The van der Waals surface area contributed by atoms with Crippen LogP contribution in [0.25, 0.3) is 0 Å². The molecule has 0 saturated heterocycles. The third kappa shape index (κ3) is 5.01. The molecule has 8 heteroatoms. The Morgan fingerprint density at radius 2 is 1.69 bits per heavy atom. The van der Waals surface area contributed by atoms with Crippen molar-refractivity contribution in [3.8, 4) is 0 Å². The summed E-state index contributed by atoms with van der Waals surface area (Å²) >= 11 is 0. The summed E-state index contributed by atoms with van der Waals surface area (Å²) < 4.78 is 54.0. The minimum absolute atomic E-state index is 0.151. The predicted octanol–water partition coefficient (Wildman–Crippen LogP) is 3.69. The highest BCUT2D eigenvalue weighted by Crippen LogP contribution is 2.22. The van der Waals surface area contributed by atoms with E-state index in [1.54, 1.807) is 0 Å². The molecule has 2 aromatic rings. The van der Waals surface area contributed by atoms with Crippen molar-refractivity contribution in [3.63, 3.8) is 0 Å². The second-order valence-electron chi connectivity index (χ2n) is 5.69. The monoisotopic (exact) mass is 382 g/mol. The van der Waals surface area contributed by atoms with Gasteiger partial charge in [-0.3, -0.25) is 9.52 Å². The average Bonchev–Trinajstić information content (AvgIpc) is 2.62. The quantitative estimate of drug-likeness (QED) is 0.684. The first-order valence-corrected chi connectivity index (χ1v) is 9.68. The highest BCUT2D eigenvalue weighted by Gasteiger charge is 2.20. The Bertz CT molecular complexity index is 866. The molecule has 0 unspecified atom stereocenters. The van der Waals surface area contributed by atoms with E-state index in [0.717, 1.165) is 43.5 Å². The Labute approximate surface area is 151 Å². The van der Waals surface area contributed by atoms with E-state index in [1.807, 2.05) is 11.6 Å². The molecule has 0 radical (unpaired) electrons. The number of carbonyl (C=O) groups is 1. The van der Waals surface area contributed by atoms with Crippen LogP contribution in [0.3, 0.4) is 0 Å². The Kier molecular flexibility index (Phi) is 6.68. The molecule has 0 atom stereocenters. The van der Waals surface area contributed by atoms with Crippen LogP contribution in [0.1, 0.15) is 36.5 Å². The van der Waals surface area contributed by atoms with Gasteiger partial charge in [0.25, 0.3) is 15.9 Å². The summed E-state index contributed by atoms with van der Waals surface area (Å²) in [6.45, 7) is 2.53. The fourth-order valence-corrected chi connectivity index (χ4v) is 3.39. The molecule has 2 aromatic carbocycles. The van der Waals surface area contributed by atoms with Gasteiger partial charge in [-0.05, 0) is 36.8 Å². The van der Waals surface area contributed by atoms with Crippen molar-refractivity contribution in [2.75, 3.05) is 11.3 Å².